The Kier molecular flexibility index (Phi) is 2.64. The van der Waals surface area contributed by atoms with Crippen LogP contribution in [0.1, 0.15) is 5.69 Å². The van der Waals surface area contributed by atoms with Crippen molar-refractivity contribution >= 4 is 23.2 Å². The Hall–Kier alpha value is -2.08. The van der Waals surface area contributed by atoms with Crippen molar-refractivity contribution in [3.63, 3.8) is 0 Å². The molecule has 5 nitrogen and oxygen atoms in total. The van der Waals surface area contributed by atoms with Crippen LogP contribution >= 0.6 is 11.8 Å². The van der Waals surface area contributed by atoms with Crippen LogP contribution in [0.4, 0.5) is 5.69 Å². The summed E-state index contributed by atoms with van der Waals surface area (Å²) in [6.45, 7) is 1.95. The van der Waals surface area contributed by atoms with E-state index in [2.05, 4.69) is 15.1 Å². The predicted molar refractivity (Wildman–Crippen MR) is 70.5 cm³/mol. The molecule has 3 rings (SSSR count). The van der Waals surface area contributed by atoms with Crippen LogP contribution in [0.5, 0.6) is 0 Å². The van der Waals surface area contributed by atoms with E-state index in [1.807, 2.05) is 37.3 Å². The lowest BCUT2D eigenvalue weighted by atomic mass is 10.3. The number of nitrogens with two attached hydrogens (primary N) is 1. The maximum absolute atomic E-state index is 5.67. The number of fused-ring (bicyclic) bond motifs is 1. The second kappa shape index (κ2) is 4.30. The Morgan fingerprint density at radius 1 is 1.22 bits per heavy atom. The second-order valence-corrected chi connectivity index (χ2v) is 4.97. The Bertz CT molecular complexity index is 689. The molecule has 0 unspecified atom stereocenters. The molecule has 2 N–H and O–H groups in total. The maximum Gasteiger partial charge on any atom is 0.253 e. The molecule has 0 aliphatic heterocycles. The normalized spacial score (nSPS) is 10.9. The number of hydrogen-bond acceptors (Lipinski definition) is 5. The van der Waals surface area contributed by atoms with Crippen LogP contribution in [0.3, 0.4) is 0 Å². The van der Waals surface area contributed by atoms with E-state index in [9.17, 15) is 0 Å². The number of nitrogens with zero attached hydrogens (tertiary/aromatic N) is 4. The smallest absolute Gasteiger partial charge is 0.253 e. The number of aromatic nitrogens is 4. The lowest BCUT2D eigenvalue weighted by molar-refractivity contribution is 0.833. The molecule has 0 atom stereocenters. The Morgan fingerprint density at radius 3 is 2.78 bits per heavy atom. The van der Waals surface area contributed by atoms with Crippen LogP contribution in [0, 0.1) is 6.92 Å². The molecule has 0 bridgehead atoms. The standard InChI is InChI=1S/C12H11N5S/c1-8-6-11(17-12(16-8)14-7-15-17)18-10-4-2-9(13)3-5-10/h2-7H,13H2,1H3. The molecule has 0 saturated heterocycles. The van der Waals surface area contributed by atoms with Crippen molar-refractivity contribution in [3.8, 4) is 0 Å². The third kappa shape index (κ3) is 2.02. The van der Waals surface area contributed by atoms with E-state index in [4.69, 9.17) is 5.73 Å². The highest BCUT2D eigenvalue weighted by atomic mass is 32.2. The fourth-order valence-electron chi connectivity index (χ4n) is 1.63. The Labute approximate surface area is 108 Å². The second-order valence-electron chi connectivity index (χ2n) is 3.88. The highest BCUT2D eigenvalue weighted by Crippen LogP contribution is 2.28. The van der Waals surface area contributed by atoms with Crippen LogP contribution in [-0.2, 0) is 0 Å². The molecule has 0 fully saturated rings. The third-order valence-electron chi connectivity index (χ3n) is 2.45. The van der Waals surface area contributed by atoms with E-state index in [0.717, 1.165) is 21.3 Å². The number of aryl methyl sites for hydroxylation is 1. The van der Waals surface area contributed by atoms with Crippen molar-refractivity contribution in [3.05, 3.63) is 42.4 Å². The van der Waals surface area contributed by atoms with Crippen molar-refractivity contribution in [1.82, 2.24) is 19.6 Å². The van der Waals surface area contributed by atoms with E-state index < -0.39 is 0 Å². The fourth-order valence-corrected chi connectivity index (χ4v) is 2.58. The molecule has 2 heterocycles. The van der Waals surface area contributed by atoms with Gasteiger partial charge in [-0.25, -0.2) is 4.98 Å². The number of hydrogen-bond donors (Lipinski definition) is 1. The van der Waals surface area contributed by atoms with Crippen molar-refractivity contribution in [2.75, 3.05) is 5.73 Å². The molecule has 0 aliphatic rings. The first-order valence-electron chi connectivity index (χ1n) is 5.43. The van der Waals surface area contributed by atoms with Gasteiger partial charge in [0, 0.05) is 16.3 Å². The van der Waals surface area contributed by atoms with E-state index in [0.29, 0.717) is 5.78 Å². The third-order valence-corrected chi connectivity index (χ3v) is 3.46. The zero-order chi connectivity index (χ0) is 12.5. The molecule has 2 aromatic heterocycles. The minimum absolute atomic E-state index is 0.618. The summed E-state index contributed by atoms with van der Waals surface area (Å²) in [5, 5.41) is 5.16. The highest BCUT2D eigenvalue weighted by Gasteiger charge is 2.07. The maximum atomic E-state index is 5.67. The van der Waals surface area contributed by atoms with Gasteiger partial charge in [0.05, 0.1) is 0 Å². The van der Waals surface area contributed by atoms with Gasteiger partial charge in [-0.2, -0.15) is 14.6 Å². The summed E-state index contributed by atoms with van der Waals surface area (Å²) >= 11 is 1.61. The number of nitrogen functional groups attached to an aromatic ring is 1. The van der Waals surface area contributed by atoms with Crippen molar-refractivity contribution < 1.29 is 0 Å². The number of rotatable bonds is 2. The van der Waals surface area contributed by atoms with Crippen molar-refractivity contribution in [2.45, 2.75) is 16.8 Å². The average molecular weight is 257 g/mol. The summed E-state index contributed by atoms with van der Waals surface area (Å²) in [6.07, 6.45) is 1.51. The topological polar surface area (TPSA) is 69.1 Å². The Morgan fingerprint density at radius 2 is 2.00 bits per heavy atom. The van der Waals surface area contributed by atoms with Crippen molar-refractivity contribution in [1.29, 1.82) is 0 Å². The van der Waals surface area contributed by atoms with Crippen molar-refractivity contribution in [2.24, 2.45) is 0 Å². The van der Waals surface area contributed by atoms with Crippen LogP contribution in [0.25, 0.3) is 5.78 Å². The van der Waals surface area contributed by atoms with Gasteiger partial charge < -0.3 is 5.73 Å². The van der Waals surface area contributed by atoms with Gasteiger partial charge in [-0.05, 0) is 37.3 Å². The molecule has 0 amide bonds. The summed E-state index contributed by atoms with van der Waals surface area (Å²) in [6, 6.07) is 9.73. The molecule has 6 heteroatoms. The van der Waals surface area contributed by atoms with Crippen LogP contribution < -0.4 is 5.73 Å². The van der Waals surface area contributed by atoms with Crippen LogP contribution in [-0.4, -0.2) is 19.6 Å². The molecule has 0 radical (unpaired) electrons. The molecule has 0 spiro atoms. The molecule has 0 aliphatic carbocycles. The summed E-state index contributed by atoms with van der Waals surface area (Å²) in [4.78, 5) is 9.51. The minimum Gasteiger partial charge on any atom is -0.399 e. The summed E-state index contributed by atoms with van der Waals surface area (Å²) in [7, 11) is 0. The average Bonchev–Trinajstić information content (AvgIpc) is 2.80. The molecule has 3 aromatic rings. The summed E-state index contributed by atoms with van der Waals surface area (Å²) < 4.78 is 1.73. The summed E-state index contributed by atoms with van der Waals surface area (Å²) in [5.74, 6) is 0.618. The van der Waals surface area contributed by atoms with Crippen LogP contribution in [0.2, 0.25) is 0 Å². The van der Waals surface area contributed by atoms with Gasteiger partial charge in [0.25, 0.3) is 5.78 Å². The van der Waals surface area contributed by atoms with Gasteiger partial charge in [-0.1, -0.05) is 11.8 Å². The lowest BCUT2D eigenvalue weighted by Gasteiger charge is -2.05. The SMILES string of the molecule is Cc1cc(Sc2ccc(N)cc2)n2ncnc2n1. The summed E-state index contributed by atoms with van der Waals surface area (Å²) in [5.41, 5.74) is 7.36. The van der Waals surface area contributed by atoms with E-state index >= 15 is 0 Å². The van der Waals surface area contributed by atoms with Gasteiger partial charge in [0.2, 0.25) is 0 Å². The largest absolute Gasteiger partial charge is 0.399 e. The minimum atomic E-state index is 0.618. The molecule has 1 aromatic carbocycles. The van der Waals surface area contributed by atoms with E-state index in [1.54, 1.807) is 16.3 Å². The monoisotopic (exact) mass is 257 g/mol. The Balaban J connectivity index is 2.03. The zero-order valence-corrected chi connectivity index (χ0v) is 10.6. The van der Waals surface area contributed by atoms with E-state index in [-0.39, 0.29) is 0 Å². The predicted octanol–water partition coefficient (Wildman–Crippen LogP) is 2.17. The molecule has 18 heavy (non-hydrogen) atoms. The quantitative estimate of drug-likeness (QED) is 0.563. The van der Waals surface area contributed by atoms with Gasteiger partial charge in [-0.3, -0.25) is 0 Å². The molecule has 0 saturated carbocycles. The first-order chi connectivity index (χ1) is 8.72. The van der Waals surface area contributed by atoms with Gasteiger partial charge in [0.15, 0.2) is 0 Å². The fraction of sp³-hybridized carbons (Fsp3) is 0.0833. The first-order valence-corrected chi connectivity index (χ1v) is 6.25. The lowest BCUT2D eigenvalue weighted by Crippen LogP contribution is -1.97. The van der Waals surface area contributed by atoms with Gasteiger partial charge in [0.1, 0.15) is 11.4 Å². The molecule has 90 valence electrons. The zero-order valence-electron chi connectivity index (χ0n) is 9.74. The highest BCUT2D eigenvalue weighted by molar-refractivity contribution is 7.99. The molecular formula is C12H11N5S. The van der Waals surface area contributed by atoms with E-state index in [1.165, 1.54) is 6.33 Å². The van der Waals surface area contributed by atoms with Crippen LogP contribution in [0.15, 0.2) is 46.6 Å². The van der Waals surface area contributed by atoms with Gasteiger partial charge in [-0.15, -0.1) is 0 Å². The van der Waals surface area contributed by atoms with Gasteiger partial charge >= 0.3 is 0 Å². The first kappa shape index (κ1) is 11.0. The number of anilines is 1. The molecular weight excluding hydrogens is 246 g/mol. The number of benzene rings is 1.